The van der Waals surface area contributed by atoms with E-state index in [9.17, 15) is 0 Å². The topological polar surface area (TPSA) is 53.1 Å². The Morgan fingerprint density at radius 2 is 1.89 bits per heavy atom. The lowest BCUT2D eigenvalue weighted by Gasteiger charge is -2.19. The lowest BCUT2D eigenvalue weighted by atomic mass is 9.87. The number of nitrogen functional groups attached to an aromatic ring is 1. The molecule has 0 radical (unpaired) electrons. The molecule has 4 heteroatoms. The summed E-state index contributed by atoms with van der Waals surface area (Å²) in [4.78, 5) is 0. The highest BCUT2D eigenvalue weighted by Gasteiger charge is 2.12. The van der Waals surface area contributed by atoms with Crippen molar-refractivity contribution < 1.29 is 4.74 Å². The highest BCUT2D eigenvalue weighted by molar-refractivity contribution is 5.31. The molecule has 1 heterocycles. The predicted octanol–water partition coefficient (Wildman–Crippen LogP) is 2.80. The number of benzene rings is 1. The molecule has 2 N–H and O–H groups in total. The van der Waals surface area contributed by atoms with Gasteiger partial charge in [0.15, 0.2) is 6.73 Å². The molecule has 0 atom stereocenters. The van der Waals surface area contributed by atoms with E-state index >= 15 is 0 Å². The van der Waals surface area contributed by atoms with E-state index in [0.29, 0.717) is 12.4 Å². The average molecular weight is 245 g/mol. The maximum Gasteiger partial charge on any atom is 0.180 e. The van der Waals surface area contributed by atoms with Crippen LogP contribution in [0.15, 0.2) is 36.7 Å². The van der Waals surface area contributed by atoms with E-state index in [0.717, 1.165) is 5.75 Å². The van der Waals surface area contributed by atoms with Gasteiger partial charge in [-0.25, -0.2) is 4.68 Å². The van der Waals surface area contributed by atoms with Gasteiger partial charge in [-0.2, -0.15) is 5.10 Å². The standard InChI is InChI=1S/C14H19N3O/c1-14(2,3)11-4-6-13(7-5-11)18-10-17-9-12(15)8-16-17/h4-9H,10,15H2,1-3H3. The number of ether oxygens (including phenoxy) is 1. The number of hydrogen-bond donors (Lipinski definition) is 1. The molecule has 0 fully saturated rings. The Hall–Kier alpha value is -1.97. The summed E-state index contributed by atoms with van der Waals surface area (Å²) < 4.78 is 7.28. The molecule has 1 aromatic heterocycles. The van der Waals surface area contributed by atoms with Crippen LogP contribution in [0.4, 0.5) is 5.69 Å². The second kappa shape index (κ2) is 4.72. The molecule has 0 saturated heterocycles. The molecule has 96 valence electrons. The summed E-state index contributed by atoms with van der Waals surface area (Å²) in [5, 5.41) is 4.05. The van der Waals surface area contributed by atoms with Crippen LogP contribution in [-0.4, -0.2) is 9.78 Å². The van der Waals surface area contributed by atoms with Crippen LogP contribution in [0.1, 0.15) is 26.3 Å². The van der Waals surface area contributed by atoms with Crippen LogP contribution in [0.25, 0.3) is 0 Å². The number of nitrogens with zero attached hydrogens (tertiary/aromatic N) is 2. The van der Waals surface area contributed by atoms with E-state index in [2.05, 4.69) is 38.0 Å². The zero-order valence-electron chi connectivity index (χ0n) is 11.1. The minimum atomic E-state index is 0.162. The van der Waals surface area contributed by atoms with Crippen molar-refractivity contribution in [2.45, 2.75) is 32.9 Å². The van der Waals surface area contributed by atoms with Crippen LogP contribution in [-0.2, 0) is 12.1 Å². The summed E-state index contributed by atoms with van der Waals surface area (Å²) in [7, 11) is 0. The Morgan fingerprint density at radius 3 is 2.39 bits per heavy atom. The van der Waals surface area contributed by atoms with E-state index < -0.39 is 0 Å². The van der Waals surface area contributed by atoms with Gasteiger partial charge in [0.05, 0.1) is 18.1 Å². The first kappa shape index (κ1) is 12.5. The van der Waals surface area contributed by atoms with Gasteiger partial charge in [-0.1, -0.05) is 32.9 Å². The molecule has 0 aliphatic heterocycles. The Balaban J connectivity index is 1.98. The lowest BCUT2D eigenvalue weighted by molar-refractivity contribution is 0.221. The minimum absolute atomic E-state index is 0.162. The van der Waals surface area contributed by atoms with Gasteiger partial charge in [0, 0.05) is 0 Å². The molecule has 0 saturated carbocycles. The van der Waals surface area contributed by atoms with Gasteiger partial charge in [0.1, 0.15) is 5.75 Å². The molecule has 0 aliphatic rings. The first-order valence-corrected chi connectivity index (χ1v) is 5.96. The van der Waals surface area contributed by atoms with Gasteiger partial charge in [-0.15, -0.1) is 0 Å². The first-order valence-electron chi connectivity index (χ1n) is 5.96. The van der Waals surface area contributed by atoms with Gasteiger partial charge in [-0.05, 0) is 23.1 Å². The summed E-state index contributed by atoms with van der Waals surface area (Å²) in [5.74, 6) is 0.831. The van der Waals surface area contributed by atoms with Crippen LogP contribution >= 0.6 is 0 Å². The zero-order valence-corrected chi connectivity index (χ0v) is 11.1. The van der Waals surface area contributed by atoms with Gasteiger partial charge in [0.2, 0.25) is 0 Å². The van der Waals surface area contributed by atoms with E-state index in [-0.39, 0.29) is 5.41 Å². The van der Waals surface area contributed by atoms with Crippen molar-refractivity contribution in [2.75, 3.05) is 5.73 Å². The van der Waals surface area contributed by atoms with Crippen molar-refractivity contribution in [3.05, 3.63) is 42.2 Å². The molecular weight excluding hydrogens is 226 g/mol. The third-order valence-electron chi connectivity index (χ3n) is 2.74. The minimum Gasteiger partial charge on any atom is -0.471 e. The molecule has 2 rings (SSSR count). The Morgan fingerprint density at radius 1 is 1.22 bits per heavy atom. The molecule has 0 aliphatic carbocycles. The highest BCUT2D eigenvalue weighted by Crippen LogP contribution is 2.24. The first-order chi connectivity index (χ1) is 8.45. The van der Waals surface area contributed by atoms with Crippen LogP contribution in [0.3, 0.4) is 0 Å². The number of hydrogen-bond acceptors (Lipinski definition) is 3. The third kappa shape index (κ3) is 3.03. The fourth-order valence-corrected chi connectivity index (χ4v) is 1.64. The van der Waals surface area contributed by atoms with Crippen LogP contribution < -0.4 is 10.5 Å². The number of aromatic nitrogens is 2. The molecule has 2 aromatic rings. The van der Waals surface area contributed by atoms with Gasteiger partial charge >= 0.3 is 0 Å². The van der Waals surface area contributed by atoms with Crippen LogP contribution in [0, 0.1) is 0 Å². The fourth-order valence-electron chi connectivity index (χ4n) is 1.64. The summed E-state index contributed by atoms with van der Waals surface area (Å²) in [6.45, 7) is 6.94. The monoisotopic (exact) mass is 245 g/mol. The van der Waals surface area contributed by atoms with Crippen molar-refractivity contribution in [1.29, 1.82) is 0 Å². The second-order valence-corrected chi connectivity index (χ2v) is 5.36. The van der Waals surface area contributed by atoms with E-state index in [1.807, 2.05) is 12.1 Å². The molecule has 0 bridgehead atoms. The van der Waals surface area contributed by atoms with Crippen molar-refractivity contribution in [3.8, 4) is 5.75 Å². The molecular formula is C14H19N3O. The quantitative estimate of drug-likeness (QED) is 0.904. The number of anilines is 1. The van der Waals surface area contributed by atoms with Crippen LogP contribution in [0.2, 0.25) is 0 Å². The molecule has 0 amide bonds. The lowest BCUT2D eigenvalue weighted by Crippen LogP contribution is -2.11. The highest BCUT2D eigenvalue weighted by atomic mass is 16.5. The number of rotatable bonds is 3. The third-order valence-corrected chi connectivity index (χ3v) is 2.74. The van der Waals surface area contributed by atoms with Gasteiger partial charge in [0.25, 0.3) is 0 Å². The van der Waals surface area contributed by atoms with Crippen molar-refractivity contribution in [2.24, 2.45) is 0 Å². The Bertz CT molecular complexity index is 509. The normalized spacial score (nSPS) is 11.5. The number of nitrogens with two attached hydrogens (primary N) is 1. The van der Waals surface area contributed by atoms with E-state index in [1.54, 1.807) is 17.1 Å². The fraction of sp³-hybridized carbons (Fsp3) is 0.357. The van der Waals surface area contributed by atoms with E-state index in [1.165, 1.54) is 5.56 Å². The van der Waals surface area contributed by atoms with E-state index in [4.69, 9.17) is 10.5 Å². The van der Waals surface area contributed by atoms with Gasteiger partial charge < -0.3 is 10.5 Å². The van der Waals surface area contributed by atoms with Crippen molar-refractivity contribution in [1.82, 2.24) is 9.78 Å². The smallest absolute Gasteiger partial charge is 0.180 e. The maximum absolute atomic E-state index is 5.62. The van der Waals surface area contributed by atoms with Crippen molar-refractivity contribution in [3.63, 3.8) is 0 Å². The van der Waals surface area contributed by atoms with Crippen molar-refractivity contribution >= 4 is 5.69 Å². The average Bonchev–Trinajstić information content (AvgIpc) is 2.72. The zero-order chi connectivity index (χ0) is 13.2. The summed E-state index contributed by atoms with van der Waals surface area (Å²) in [6.07, 6.45) is 3.34. The van der Waals surface area contributed by atoms with Gasteiger partial charge in [-0.3, -0.25) is 0 Å². The largest absolute Gasteiger partial charge is 0.471 e. The molecule has 0 unspecified atom stereocenters. The second-order valence-electron chi connectivity index (χ2n) is 5.36. The van der Waals surface area contributed by atoms with Crippen LogP contribution in [0.5, 0.6) is 5.75 Å². The molecule has 18 heavy (non-hydrogen) atoms. The SMILES string of the molecule is CC(C)(C)c1ccc(OCn2cc(N)cn2)cc1. The Labute approximate surface area is 107 Å². The molecule has 4 nitrogen and oxygen atoms in total. The summed E-state index contributed by atoms with van der Waals surface area (Å²) in [5.41, 5.74) is 7.67. The maximum atomic E-state index is 5.62. The molecule has 0 spiro atoms. The molecule has 1 aromatic carbocycles. The Kier molecular flexibility index (Phi) is 3.28. The summed E-state index contributed by atoms with van der Waals surface area (Å²) >= 11 is 0. The predicted molar refractivity (Wildman–Crippen MR) is 72.4 cm³/mol. The summed E-state index contributed by atoms with van der Waals surface area (Å²) in [6, 6.07) is 8.14.